The molecule has 1 fully saturated rings. The van der Waals surface area contributed by atoms with E-state index in [2.05, 4.69) is 5.32 Å². The molecule has 1 aromatic rings. The molecule has 0 aliphatic carbocycles. The summed E-state index contributed by atoms with van der Waals surface area (Å²) in [5, 5.41) is 2.72. The van der Waals surface area contributed by atoms with Gasteiger partial charge in [-0.25, -0.2) is 13.6 Å². The van der Waals surface area contributed by atoms with E-state index in [1.54, 1.807) is 23.1 Å². The van der Waals surface area contributed by atoms with Gasteiger partial charge in [0, 0.05) is 31.3 Å². The average Bonchev–Trinajstić information content (AvgIpc) is 2.88. The molecular formula is C15H20F2N2O3. The molecule has 0 spiro atoms. The highest BCUT2D eigenvalue weighted by Gasteiger charge is 2.23. The van der Waals surface area contributed by atoms with Crippen LogP contribution in [0.2, 0.25) is 0 Å². The van der Waals surface area contributed by atoms with Crippen molar-refractivity contribution >= 4 is 11.7 Å². The Morgan fingerprint density at radius 3 is 2.73 bits per heavy atom. The van der Waals surface area contributed by atoms with Crippen LogP contribution in [0, 0.1) is 0 Å². The predicted molar refractivity (Wildman–Crippen MR) is 79.1 cm³/mol. The fraction of sp³-hybridized carbons (Fsp3) is 0.533. The second-order valence-electron chi connectivity index (χ2n) is 5.24. The molecule has 0 bridgehead atoms. The average molecular weight is 314 g/mol. The van der Waals surface area contributed by atoms with Crippen LogP contribution in [0.4, 0.5) is 19.3 Å². The van der Waals surface area contributed by atoms with Gasteiger partial charge in [-0.1, -0.05) is 0 Å². The number of methoxy groups -OCH3 is 1. The first-order valence-electron chi connectivity index (χ1n) is 7.15. The Kier molecular flexibility index (Phi) is 5.05. The molecule has 1 N–H and O–H groups in total. The molecular weight excluding hydrogens is 294 g/mol. The van der Waals surface area contributed by atoms with E-state index >= 15 is 0 Å². The van der Waals surface area contributed by atoms with Crippen molar-refractivity contribution in [2.24, 2.45) is 0 Å². The van der Waals surface area contributed by atoms with Gasteiger partial charge in [0.2, 0.25) is 5.92 Å². The minimum atomic E-state index is -2.69. The highest BCUT2D eigenvalue weighted by molar-refractivity contribution is 5.94. The zero-order valence-electron chi connectivity index (χ0n) is 12.7. The Labute approximate surface area is 128 Å². The Balaban J connectivity index is 2.03. The molecule has 7 heteroatoms. The lowest BCUT2D eigenvalue weighted by Crippen LogP contribution is -2.27. The van der Waals surface area contributed by atoms with Gasteiger partial charge in [-0.05, 0) is 25.5 Å². The fourth-order valence-electron chi connectivity index (χ4n) is 2.23. The minimum Gasteiger partial charge on any atom is -0.493 e. The van der Waals surface area contributed by atoms with E-state index in [-0.39, 0.29) is 25.5 Å². The smallest absolute Gasteiger partial charge is 0.321 e. The van der Waals surface area contributed by atoms with Gasteiger partial charge < -0.3 is 14.8 Å². The van der Waals surface area contributed by atoms with Gasteiger partial charge in [-0.15, -0.1) is 0 Å². The van der Waals surface area contributed by atoms with Crippen LogP contribution in [0.5, 0.6) is 11.5 Å². The van der Waals surface area contributed by atoms with Gasteiger partial charge in [-0.2, -0.15) is 0 Å². The van der Waals surface area contributed by atoms with Crippen LogP contribution in [0.3, 0.4) is 0 Å². The summed E-state index contributed by atoms with van der Waals surface area (Å²) in [5.74, 6) is -1.74. The van der Waals surface area contributed by atoms with Crippen LogP contribution < -0.4 is 19.7 Å². The highest BCUT2D eigenvalue weighted by Crippen LogP contribution is 2.32. The first kappa shape index (κ1) is 16.3. The molecule has 0 atom stereocenters. The molecule has 1 aromatic carbocycles. The van der Waals surface area contributed by atoms with Crippen molar-refractivity contribution in [2.45, 2.75) is 25.7 Å². The quantitative estimate of drug-likeness (QED) is 0.787. The molecule has 0 saturated carbocycles. The second-order valence-corrected chi connectivity index (χ2v) is 5.24. The van der Waals surface area contributed by atoms with Crippen molar-refractivity contribution in [3.05, 3.63) is 18.2 Å². The number of ether oxygens (including phenoxy) is 2. The number of benzene rings is 1. The third-order valence-electron chi connectivity index (χ3n) is 3.33. The number of carbonyl (C=O) groups is 1. The Bertz CT molecular complexity index is 532. The van der Waals surface area contributed by atoms with E-state index in [0.29, 0.717) is 30.3 Å². The molecule has 5 nitrogen and oxygen atoms in total. The molecule has 1 heterocycles. The summed E-state index contributed by atoms with van der Waals surface area (Å²) in [5.41, 5.74) is 0.687. The van der Waals surface area contributed by atoms with Crippen LogP contribution in [0.15, 0.2) is 18.2 Å². The molecule has 2 amide bonds. The van der Waals surface area contributed by atoms with Gasteiger partial charge in [0.1, 0.15) is 0 Å². The van der Waals surface area contributed by atoms with Crippen molar-refractivity contribution in [3.63, 3.8) is 0 Å². The predicted octanol–water partition coefficient (Wildman–Crippen LogP) is 3.04. The van der Waals surface area contributed by atoms with Gasteiger partial charge in [-0.3, -0.25) is 4.90 Å². The van der Waals surface area contributed by atoms with Crippen LogP contribution in [0.1, 0.15) is 19.8 Å². The van der Waals surface area contributed by atoms with E-state index in [1.807, 2.05) is 0 Å². The lowest BCUT2D eigenvalue weighted by Gasteiger charge is -2.18. The normalized spacial score (nSPS) is 14.9. The van der Waals surface area contributed by atoms with Crippen molar-refractivity contribution in [1.29, 1.82) is 0 Å². The molecule has 0 unspecified atom stereocenters. The summed E-state index contributed by atoms with van der Waals surface area (Å²) in [6, 6.07) is 4.98. The molecule has 1 aliphatic rings. The fourth-order valence-corrected chi connectivity index (χ4v) is 2.23. The van der Waals surface area contributed by atoms with Crippen molar-refractivity contribution in [2.75, 3.05) is 31.7 Å². The number of amides is 2. The van der Waals surface area contributed by atoms with Crippen LogP contribution in [-0.2, 0) is 0 Å². The maximum Gasteiger partial charge on any atom is 0.321 e. The zero-order chi connectivity index (χ0) is 16.2. The molecule has 122 valence electrons. The SMILES string of the molecule is COc1ccc(N2CCNC2=O)cc1OCCCC(C)(F)F. The lowest BCUT2D eigenvalue weighted by molar-refractivity contribution is 0.00763. The first-order chi connectivity index (χ1) is 10.4. The van der Waals surface area contributed by atoms with E-state index in [4.69, 9.17) is 9.47 Å². The number of urea groups is 1. The standard InChI is InChI=1S/C15H20F2N2O3/c1-15(16,17)6-3-9-22-13-10-11(4-5-12(13)21-2)19-8-7-18-14(19)20/h4-5,10H,3,6-9H2,1-2H3,(H,18,20). The zero-order valence-corrected chi connectivity index (χ0v) is 12.7. The van der Waals surface area contributed by atoms with Crippen molar-refractivity contribution in [3.8, 4) is 11.5 Å². The third kappa shape index (κ3) is 4.22. The number of nitrogens with one attached hydrogen (secondary N) is 1. The Morgan fingerprint density at radius 2 is 2.14 bits per heavy atom. The number of halogens is 2. The maximum absolute atomic E-state index is 12.8. The molecule has 0 radical (unpaired) electrons. The first-order valence-corrected chi connectivity index (χ1v) is 7.15. The summed E-state index contributed by atoms with van der Waals surface area (Å²) >= 11 is 0. The number of hydrogen-bond acceptors (Lipinski definition) is 3. The minimum absolute atomic E-state index is 0.162. The van der Waals surface area contributed by atoms with Crippen molar-refractivity contribution < 1.29 is 23.0 Å². The number of carbonyl (C=O) groups excluding carboxylic acids is 1. The summed E-state index contributed by atoms with van der Waals surface area (Å²) in [6.45, 7) is 2.22. The maximum atomic E-state index is 12.8. The van der Waals surface area contributed by atoms with E-state index in [9.17, 15) is 13.6 Å². The van der Waals surface area contributed by atoms with Gasteiger partial charge in [0.05, 0.1) is 13.7 Å². The lowest BCUT2D eigenvalue weighted by atomic mass is 10.2. The summed E-state index contributed by atoms with van der Waals surface area (Å²) < 4.78 is 36.3. The van der Waals surface area contributed by atoms with Gasteiger partial charge in [0.15, 0.2) is 11.5 Å². The summed E-state index contributed by atoms with van der Waals surface area (Å²) in [7, 11) is 1.50. The van der Waals surface area contributed by atoms with Crippen LogP contribution in [0.25, 0.3) is 0 Å². The van der Waals surface area contributed by atoms with Crippen LogP contribution in [-0.4, -0.2) is 38.8 Å². The number of rotatable bonds is 7. The number of alkyl halides is 2. The Hall–Kier alpha value is -2.05. The van der Waals surface area contributed by atoms with E-state index in [0.717, 1.165) is 6.92 Å². The number of nitrogens with zero attached hydrogens (tertiary/aromatic N) is 1. The largest absolute Gasteiger partial charge is 0.493 e. The third-order valence-corrected chi connectivity index (χ3v) is 3.33. The molecule has 0 aromatic heterocycles. The van der Waals surface area contributed by atoms with E-state index in [1.165, 1.54) is 7.11 Å². The van der Waals surface area contributed by atoms with Crippen LogP contribution >= 0.6 is 0 Å². The summed E-state index contributed by atoms with van der Waals surface area (Å²) in [4.78, 5) is 13.3. The molecule has 2 rings (SSSR count). The topological polar surface area (TPSA) is 50.8 Å². The van der Waals surface area contributed by atoms with Crippen molar-refractivity contribution in [1.82, 2.24) is 5.32 Å². The van der Waals surface area contributed by atoms with E-state index < -0.39 is 5.92 Å². The van der Waals surface area contributed by atoms with Gasteiger partial charge >= 0.3 is 6.03 Å². The number of hydrogen-bond donors (Lipinski definition) is 1. The number of anilines is 1. The highest BCUT2D eigenvalue weighted by atomic mass is 19.3. The molecule has 22 heavy (non-hydrogen) atoms. The molecule has 1 saturated heterocycles. The summed E-state index contributed by atoms with van der Waals surface area (Å²) in [6.07, 6.45) is 0.00458. The monoisotopic (exact) mass is 314 g/mol. The second kappa shape index (κ2) is 6.81. The Morgan fingerprint density at radius 1 is 1.36 bits per heavy atom. The van der Waals surface area contributed by atoms with Gasteiger partial charge in [0.25, 0.3) is 0 Å². The molecule has 1 aliphatic heterocycles.